The number of pyridine rings is 1. The lowest BCUT2D eigenvalue weighted by molar-refractivity contribution is 0.0770. The molecular weight excluding hydrogens is 300 g/mol. The molecule has 1 saturated heterocycles. The van der Waals surface area contributed by atoms with Gasteiger partial charge in [0.2, 0.25) is 17.3 Å². The first-order valence-electron chi connectivity index (χ1n) is 7.16. The number of rotatable bonds is 4. The van der Waals surface area contributed by atoms with E-state index >= 15 is 0 Å². The van der Waals surface area contributed by atoms with Gasteiger partial charge in [-0.1, -0.05) is 0 Å². The SMILES string of the molecule is COc1cncc(OC2CCN(C(=O)c3ccc(=O)[nH]c3)C2)n1. The van der Waals surface area contributed by atoms with Gasteiger partial charge in [0.05, 0.1) is 31.6 Å². The van der Waals surface area contributed by atoms with Crippen LogP contribution in [0.15, 0.2) is 35.5 Å². The van der Waals surface area contributed by atoms with Crippen molar-refractivity contribution in [3.63, 3.8) is 0 Å². The molecule has 3 rings (SSSR count). The topological polar surface area (TPSA) is 97.4 Å². The molecule has 1 aliphatic heterocycles. The zero-order valence-electron chi connectivity index (χ0n) is 12.6. The standard InChI is InChI=1S/C15H16N4O4/c1-22-13-7-16-8-14(18-13)23-11-4-5-19(9-11)15(21)10-2-3-12(20)17-6-10/h2-3,6-8,11H,4-5,9H2,1H3,(H,17,20). The summed E-state index contributed by atoms with van der Waals surface area (Å²) in [5.74, 6) is 0.610. The molecule has 8 heteroatoms. The number of nitrogens with one attached hydrogen (secondary N) is 1. The molecule has 8 nitrogen and oxygen atoms in total. The smallest absolute Gasteiger partial charge is 0.255 e. The number of carbonyl (C=O) groups is 1. The van der Waals surface area contributed by atoms with Crippen molar-refractivity contribution in [1.29, 1.82) is 0 Å². The van der Waals surface area contributed by atoms with Gasteiger partial charge in [0.25, 0.3) is 5.91 Å². The number of ether oxygens (including phenoxy) is 2. The molecule has 1 amide bonds. The van der Waals surface area contributed by atoms with Crippen molar-refractivity contribution in [3.05, 3.63) is 46.6 Å². The minimum Gasteiger partial charge on any atom is -0.480 e. The van der Waals surface area contributed by atoms with Crippen molar-refractivity contribution in [3.8, 4) is 11.8 Å². The largest absolute Gasteiger partial charge is 0.480 e. The van der Waals surface area contributed by atoms with Crippen molar-refractivity contribution in [1.82, 2.24) is 19.9 Å². The zero-order chi connectivity index (χ0) is 16.2. The van der Waals surface area contributed by atoms with Gasteiger partial charge in [-0.2, -0.15) is 4.98 Å². The van der Waals surface area contributed by atoms with Crippen LogP contribution >= 0.6 is 0 Å². The number of methoxy groups -OCH3 is 1. The fourth-order valence-electron chi connectivity index (χ4n) is 2.39. The number of aromatic nitrogens is 3. The van der Waals surface area contributed by atoms with E-state index in [0.29, 0.717) is 36.8 Å². The van der Waals surface area contributed by atoms with Crippen LogP contribution in [0.4, 0.5) is 0 Å². The molecular formula is C15H16N4O4. The Balaban J connectivity index is 1.62. The third kappa shape index (κ3) is 3.47. The number of nitrogens with zero attached hydrogens (tertiary/aromatic N) is 3. The van der Waals surface area contributed by atoms with Gasteiger partial charge in [-0.3, -0.25) is 14.6 Å². The van der Waals surface area contributed by atoms with Crippen molar-refractivity contribution >= 4 is 5.91 Å². The quantitative estimate of drug-likeness (QED) is 0.880. The van der Waals surface area contributed by atoms with E-state index in [1.165, 1.54) is 37.8 Å². The predicted octanol–water partition coefficient (Wildman–Crippen LogP) is 0.467. The lowest BCUT2D eigenvalue weighted by Gasteiger charge is -2.16. The lowest BCUT2D eigenvalue weighted by Crippen LogP contribution is -2.31. The molecule has 1 fully saturated rings. The Labute approximate surface area is 132 Å². The molecule has 2 aromatic rings. The average molecular weight is 316 g/mol. The lowest BCUT2D eigenvalue weighted by atomic mass is 10.2. The summed E-state index contributed by atoms with van der Waals surface area (Å²) in [6.45, 7) is 1.04. The first kappa shape index (κ1) is 15.0. The number of hydrogen-bond donors (Lipinski definition) is 1. The third-order valence-corrected chi connectivity index (χ3v) is 3.55. The first-order valence-corrected chi connectivity index (χ1v) is 7.16. The van der Waals surface area contributed by atoms with Crippen LogP contribution in [0.2, 0.25) is 0 Å². The summed E-state index contributed by atoms with van der Waals surface area (Å²) in [6, 6.07) is 2.85. The summed E-state index contributed by atoms with van der Waals surface area (Å²) < 4.78 is 10.7. The second kappa shape index (κ2) is 6.47. The van der Waals surface area contributed by atoms with Gasteiger partial charge in [0.15, 0.2) is 0 Å². The van der Waals surface area contributed by atoms with Gasteiger partial charge < -0.3 is 19.4 Å². The van der Waals surface area contributed by atoms with Gasteiger partial charge in [0.1, 0.15) is 6.10 Å². The number of H-pyrrole nitrogens is 1. The average Bonchev–Trinajstić information content (AvgIpc) is 3.03. The summed E-state index contributed by atoms with van der Waals surface area (Å²) in [5.41, 5.74) is 0.215. The molecule has 1 unspecified atom stereocenters. The molecule has 1 N–H and O–H groups in total. The van der Waals surface area contributed by atoms with Crippen LogP contribution in [0, 0.1) is 0 Å². The van der Waals surface area contributed by atoms with Crippen molar-refractivity contribution in [2.45, 2.75) is 12.5 Å². The molecule has 0 aromatic carbocycles. The highest BCUT2D eigenvalue weighted by atomic mass is 16.5. The maximum absolute atomic E-state index is 12.4. The molecule has 23 heavy (non-hydrogen) atoms. The van der Waals surface area contributed by atoms with E-state index in [1.54, 1.807) is 4.90 Å². The Morgan fingerprint density at radius 2 is 2.17 bits per heavy atom. The number of amides is 1. The Morgan fingerprint density at radius 1 is 1.35 bits per heavy atom. The van der Waals surface area contributed by atoms with Crippen LogP contribution in [0.25, 0.3) is 0 Å². The summed E-state index contributed by atoms with van der Waals surface area (Å²) in [5, 5.41) is 0. The van der Waals surface area contributed by atoms with Gasteiger partial charge in [-0.15, -0.1) is 0 Å². The summed E-state index contributed by atoms with van der Waals surface area (Å²) in [7, 11) is 1.51. The van der Waals surface area contributed by atoms with Crippen molar-refractivity contribution in [2.75, 3.05) is 20.2 Å². The number of hydrogen-bond acceptors (Lipinski definition) is 6. The van der Waals surface area contributed by atoms with Crippen LogP contribution in [0.3, 0.4) is 0 Å². The third-order valence-electron chi connectivity index (χ3n) is 3.55. The Kier molecular flexibility index (Phi) is 4.22. The normalized spacial score (nSPS) is 17.1. The van der Waals surface area contributed by atoms with Gasteiger partial charge in [0, 0.05) is 25.2 Å². The minimum atomic E-state index is -0.235. The van der Waals surface area contributed by atoms with Gasteiger partial charge >= 0.3 is 0 Å². The van der Waals surface area contributed by atoms with E-state index in [9.17, 15) is 9.59 Å². The fourth-order valence-corrected chi connectivity index (χ4v) is 2.39. The number of carbonyl (C=O) groups excluding carboxylic acids is 1. The Bertz CT molecular complexity index is 741. The fraction of sp³-hybridized carbons (Fsp3) is 0.333. The Hall–Kier alpha value is -2.90. The summed E-state index contributed by atoms with van der Waals surface area (Å²) in [4.78, 5) is 35.7. The molecule has 0 aliphatic carbocycles. The molecule has 0 bridgehead atoms. The van der Waals surface area contributed by atoms with Crippen LogP contribution in [-0.4, -0.2) is 52.1 Å². The first-order chi connectivity index (χ1) is 11.2. The van der Waals surface area contributed by atoms with Crippen LogP contribution < -0.4 is 15.0 Å². The highest BCUT2D eigenvalue weighted by Crippen LogP contribution is 2.19. The minimum absolute atomic E-state index is 0.135. The zero-order valence-corrected chi connectivity index (χ0v) is 12.6. The van der Waals surface area contributed by atoms with E-state index in [1.807, 2.05) is 0 Å². The molecule has 120 valence electrons. The van der Waals surface area contributed by atoms with E-state index in [2.05, 4.69) is 15.0 Å². The molecule has 1 atom stereocenters. The van der Waals surface area contributed by atoms with Gasteiger partial charge in [-0.25, -0.2) is 0 Å². The molecule has 0 spiro atoms. The van der Waals surface area contributed by atoms with E-state index in [4.69, 9.17) is 9.47 Å². The Morgan fingerprint density at radius 3 is 2.91 bits per heavy atom. The van der Waals surface area contributed by atoms with Crippen molar-refractivity contribution < 1.29 is 14.3 Å². The second-order valence-electron chi connectivity index (χ2n) is 5.12. The highest BCUT2D eigenvalue weighted by Gasteiger charge is 2.28. The molecule has 3 heterocycles. The summed E-state index contributed by atoms with van der Waals surface area (Å²) in [6.07, 6.45) is 4.98. The maximum Gasteiger partial charge on any atom is 0.255 e. The number of aromatic amines is 1. The second-order valence-corrected chi connectivity index (χ2v) is 5.12. The molecule has 2 aromatic heterocycles. The van der Waals surface area contributed by atoms with E-state index in [-0.39, 0.29) is 17.6 Å². The van der Waals surface area contributed by atoms with Gasteiger partial charge in [-0.05, 0) is 6.07 Å². The van der Waals surface area contributed by atoms with E-state index in [0.717, 1.165) is 0 Å². The molecule has 0 saturated carbocycles. The van der Waals surface area contributed by atoms with Crippen LogP contribution in [-0.2, 0) is 0 Å². The molecule has 0 radical (unpaired) electrons. The predicted molar refractivity (Wildman–Crippen MR) is 80.6 cm³/mol. The summed E-state index contributed by atoms with van der Waals surface area (Å²) >= 11 is 0. The maximum atomic E-state index is 12.4. The molecule has 1 aliphatic rings. The van der Waals surface area contributed by atoms with Crippen LogP contribution in [0.5, 0.6) is 11.8 Å². The highest BCUT2D eigenvalue weighted by molar-refractivity contribution is 5.94. The monoisotopic (exact) mass is 316 g/mol. The van der Waals surface area contributed by atoms with Crippen LogP contribution in [0.1, 0.15) is 16.8 Å². The van der Waals surface area contributed by atoms with E-state index < -0.39 is 0 Å². The van der Waals surface area contributed by atoms with Crippen molar-refractivity contribution in [2.24, 2.45) is 0 Å². The number of likely N-dealkylation sites (tertiary alicyclic amines) is 1.